The normalized spacial score (nSPS) is 12.6. The summed E-state index contributed by atoms with van der Waals surface area (Å²) in [4.78, 5) is 3.75. The zero-order valence-electron chi connectivity index (χ0n) is 13.5. The van der Waals surface area contributed by atoms with Gasteiger partial charge in [0.05, 0.1) is 4.90 Å². The summed E-state index contributed by atoms with van der Waals surface area (Å²) in [6, 6.07) is 11.4. The smallest absolute Gasteiger partial charge is 0.206 e. The second-order valence-electron chi connectivity index (χ2n) is 5.38. The highest BCUT2D eigenvalue weighted by Crippen LogP contribution is 2.16. The maximum Gasteiger partial charge on any atom is 0.254 e. The Bertz CT molecular complexity index is 999. The summed E-state index contributed by atoms with van der Waals surface area (Å²) in [7, 11) is -8.03. The van der Waals surface area contributed by atoms with Gasteiger partial charge in [0.1, 0.15) is 0 Å². The molecule has 0 fully saturated rings. The number of aryl methyl sites for hydroxylation is 2. The first kappa shape index (κ1) is 19.6. The van der Waals surface area contributed by atoms with E-state index in [-0.39, 0.29) is 4.90 Å². The van der Waals surface area contributed by atoms with Crippen LogP contribution in [0.1, 0.15) is 16.7 Å². The SMILES string of the molecule is Cc1ccc(C)c(S(=O)(=O)NNS(=O)(=O)/C=C/c2ccc(Cl)cc2)c1. The molecule has 0 aliphatic heterocycles. The highest BCUT2D eigenvalue weighted by atomic mass is 35.5. The molecule has 0 aliphatic rings. The first-order chi connectivity index (χ1) is 11.6. The third-order valence-electron chi connectivity index (χ3n) is 3.26. The number of hydrogen-bond acceptors (Lipinski definition) is 4. The number of nitrogens with one attached hydrogen (secondary N) is 2. The van der Waals surface area contributed by atoms with Crippen molar-refractivity contribution in [2.24, 2.45) is 0 Å². The van der Waals surface area contributed by atoms with Crippen molar-refractivity contribution in [3.05, 3.63) is 69.6 Å². The maximum atomic E-state index is 12.3. The molecule has 0 saturated carbocycles. The van der Waals surface area contributed by atoms with Crippen LogP contribution in [0.15, 0.2) is 52.8 Å². The third-order valence-corrected chi connectivity index (χ3v) is 5.91. The van der Waals surface area contributed by atoms with Crippen LogP contribution in [0.25, 0.3) is 6.08 Å². The topological polar surface area (TPSA) is 92.3 Å². The van der Waals surface area contributed by atoms with Crippen molar-refractivity contribution < 1.29 is 16.8 Å². The highest BCUT2D eigenvalue weighted by molar-refractivity contribution is 7.94. The number of sulfonamides is 2. The molecule has 0 bridgehead atoms. The van der Waals surface area contributed by atoms with E-state index in [0.29, 0.717) is 16.1 Å². The van der Waals surface area contributed by atoms with Crippen LogP contribution in [0.2, 0.25) is 5.02 Å². The molecule has 0 saturated heterocycles. The van der Waals surface area contributed by atoms with Gasteiger partial charge in [0, 0.05) is 10.4 Å². The molecule has 0 unspecified atom stereocenters. The molecule has 2 N–H and O–H groups in total. The van der Waals surface area contributed by atoms with Gasteiger partial charge in [-0.3, -0.25) is 0 Å². The summed E-state index contributed by atoms with van der Waals surface area (Å²) in [5.41, 5.74) is 1.86. The summed E-state index contributed by atoms with van der Waals surface area (Å²) >= 11 is 5.75. The predicted octanol–water partition coefficient (Wildman–Crippen LogP) is 2.74. The van der Waals surface area contributed by atoms with Crippen LogP contribution in [0.4, 0.5) is 0 Å². The fraction of sp³-hybridized carbons (Fsp3) is 0.125. The van der Waals surface area contributed by atoms with Crippen LogP contribution in [0.5, 0.6) is 0 Å². The van der Waals surface area contributed by atoms with Crippen LogP contribution in [0, 0.1) is 13.8 Å². The molecule has 2 rings (SSSR count). The zero-order chi connectivity index (χ0) is 18.7. The predicted molar refractivity (Wildman–Crippen MR) is 98.8 cm³/mol. The van der Waals surface area contributed by atoms with Gasteiger partial charge in [-0.1, -0.05) is 35.9 Å². The van der Waals surface area contributed by atoms with Gasteiger partial charge in [0.15, 0.2) is 0 Å². The molecular formula is C16H17ClN2O4S2. The van der Waals surface area contributed by atoms with Crippen LogP contribution < -0.4 is 9.66 Å². The molecular weight excluding hydrogens is 384 g/mol. The average molecular weight is 401 g/mol. The number of rotatable bonds is 6. The first-order valence-electron chi connectivity index (χ1n) is 7.14. The van der Waals surface area contributed by atoms with Gasteiger partial charge >= 0.3 is 0 Å². The minimum Gasteiger partial charge on any atom is -0.206 e. The van der Waals surface area contributed by atoms with Crippen molar-refractivity contribution in [1.29, 1.82) is 0 Å². The van der Waals surface area contributed by atoms with Crippen LogP contribution >= 0.6 is 11.6 Å². The molecule has 2 aromatic rings. The van der Waals surface area contributed by atoms with E-state index in [1.165, 1.54) is 12.1 Å². The summed E-state index contributed by atoms with van der Waals surface area (Å²) in [5.74, 6) is 0. The molecule has 134 valence electrons. The molecule has 0 heterocycles. The second-order valence-corrected chi connectivity index (χ2v) is 9.03. The highest BCUT2D eigenvalue weighted by Gasteiger charge is 2.19. The molecule has 0 aromatic heterocycles. The van der Waals surface area contributed by atoms with E-state index in [4.69, 9.17) is 11.6 Å². The lowest BCUT2D eigenvalue weighted by Crippen LogP contribution is -2.40. The third kappa shape index (κ3) is 5.65. The van der Waals surface area contributed by atoms with Crippen molar-refractivity contribution in [2.45, 2.75) is 18.7 Å². The fourth-order valence-electron chi connectivity index (χ4n) is 1.94. The van der Waals surface area contributed by atoms with E-state index in [9.17, 15) is 16.8 Å². The molecule has 0 aliphatic carbocycles. The lowest BCUT2D eigenvalue weighted by Gasteiger charge is -2.10. The molecule has 2 aromatic carbocycles. The van der Waals surface area contributed by atoms with Gasteiger partial charge in [-0.15, -0.1) is 9.66 Å². The van der Waals surface area contributed by atoms with Gasteiger partial charge in [-0.2, -0.15) is 0 Å². The second kappa shape index (κ2) is 7.67. The van der Waals surface area contributed by atoms with E-state index in [2.05, 4.69) is 0 Å². The Morgan fingerprint density at radius 2 is 1.56 bits per heavy atom. The van der Waals surface area contributed by atoms with Crippen molar-refractivity contribution in [1.82, 2.24) is 9.66 Å². The van der Waals surface area contributed by atoms with Gasteiger partial charge in [-0.05, 0) is 54.8 Å². The molecule has 0 atom stereocenters. The van der Waals surface area contributed by atoms with E-state index < -0.39 is 20.0 Å². The monoisotopic (exact) mass is 400 g/mol. The van der Waals surface area contributed by atoms with Gasteiger partial charge in [0.25, 0.3) is 10.0 Å². The van der Waals surface area contributed by atoms with Crippen molar-refractivity contribution in [3.63, 3.8) is 0 Å². The summed E-state index contributed by atoms with van der Waals surface area (Å²) in [6.07, 6.45) is 1.32. The Morgan fingerprint density at radius 1 is 0.920 bits per heavy atom. The minimum absolute atomic E-state index is 0.0110. The Balaban J connectivity index is 2.13. The van der Waals surface area contributed by atoms with Crippen molar-refractivity contribution in [3.8, 4) is 0 Å². The van der Waals surface area contributed by atoms with Crippen LogP contribution in [0.3, 0.4) is 0 Å². The molecule has 9 heteroatoms. The Hall–Kier alpha value is -1.71. The summed E-state index contributed by atoms with van der Waals surface area (Å²) in [5, 5.41) is 1.39. The maximum absolute atomic E-state index is 12.3. The first-order valence-corrected chi connectivity index (χ1v) is 10.5. The molecule has 6 nitrogen and oxygen atoms in total. The Morgan fingerprint density at radius 3 is 2.20 bits per heavy atom. The fourth-order valence-corrected chi connectivity index (χ4v) is 4.32. The number of hydrazine groups is 1. The molecule has 25 heavy (non-hydrogen) atoms. The molecule has 0 radical (unpaired) electrons. The van der Waals surface area contributed by atoms with Crippen LogP contribution in [-0.4, -0.2) is 16.8 Å². The minimum atomic E-state index is -4.03. The molecule has 0 spiro atoms. The van der Waals surface area contributed by atoms with E-state index in [1.807, 2.05) is 9.66 Å². The number of halogens is 1. The van der Waals surface area contributed by atoms with Gasteiger partial charge in [-0.25, -0.2) is 16.8 Å². The van der Waals surface area contributed by atoms with Crippen molar-refractivity contribution >= 4 is 37.7 Å². The number of benzene rings is 2. The van der Waals surface area contributed by atoms with E-state index >= 15 is 0 Å². The zero-order valence-corrected chi connectivity index (χ0v) is 15.9. The average Bonchev–Trinajstić information content (AvgIpc) is 2.55. The van der Waals surface area contributed by atoms with Crippen molar-refractivity contribution in [2.75, 3.05) is 0 Å². The van der Waals surface area contributed by atoms with Gasteiger partial charge in [0.2, 0.25) is 10.0 Å². The summed E-state index contributed by atoms with van der Waals surface area (Å²) < 4.78 is 48.5. The molecule has 0 amide bonds. The lowest BCUT2D eigenvalue weighted by atomic mass is 10.2. The Kier molecular flexibility index (Phi) is 6.02. The van der Waals surface area contributed by atoms with E-state index in [1.54, 1.807) is 50.2 Å². The van der Waals surface area contributed by atoms with Gasteiger partial charge < -0.3 is 0 Å². The largest absolute Gasteiger partial charge is 0.254 e. The van der Waals surface area contributed by atoms with E-state index in [0.717, 1.165) is 11.0 Å². The lowest BCUT2D eigenvalue weighted by molar-refractivity contribution is 0.562. The number of hydrogen-bond donors (Lipinski definition) is 2. The summed E-state index contributed by atoms with van der Waals surface area (Å²) in [6.45, 7) is 3.38. The quantitative estimate of drug-likeness (QED) is 0.729. The van der Waals surface area contributed by atoms with Crippen LogP contribution in [-0.2, 0) is 20.0 Å². The standard InChI is InChI=1S/C16H17ClN2O4S2/c1-12-3-4-13(2)16(11-12)25(22,23)19-18-24(20,21)10-9-14-5-7-15(17)8-6-14/h3-11,18-19H,1-2H3/b10-9+. The Labute approximate surface area is 152 Å².